The van der Waals surface area contributed by atoms with Crippen LogP contribution in [0.1, 0.15) is 65.2 Å². The Morgan fingerprint density at radius 1 is 1.30 bits per heavy atom. The number of ether oxygens (including phenoxy) is 1. The quantitative estimate of drug-likeness (QED) is 0.681. The van der Waals surface area contributed by atoms with Gasteiger partial charge in [0, 0.05) is 25.2 Å². The van der Waals surface area contributed by atoms with Gasteiger partial charge in [-0.25, -0.2) is 4.79 Å². The number of carbonyl (C=O) groups excluding carboxylic acids is 3. The topological polar surface area (TPSA) is 79.5 Å². The minimum absolute atomic E-state index is 0.0290. The maximum absolute atomic E-state index is 12.6. The number of aromatic amines is 1. The molecule has 0 bridgehead atoms. The monoisotopic (exact) mass is 320 g/mol. The van der Waals surface area contributed by atoms with Crippen molar-refractivity contribution in [3.05, 3.63) is 22.5 Å². The van der Waals surface area contributed by atoms with Gasteiger partial charge in [-0.15, -0.1) is 0 Å². The summed E-state index contributed by atoms with van der Waals surface area (Å²) in [4.78, 5) is 41.1. The molecule has 2 heterocycles. The first kappa shape index (κ1) is 17.2. The number of rotatable bonds is 4. The average Bonchev–Trinajstić information content (AvgIpc) is 2.83. The zero-order valence-electron chi connectivity index (χ0n) is 14.2. The molecule has 0 unspecified atom stereocenters. The SMILES string of the molecule is COC(=O)c1c(CC(=O)N2CCCC[C@@H]2C)[nH]c(C(C)=O)c1C. The van der Waals surface area contributed by atoms with Crippen LogP contribution in [-0.4, -0.2) is 47.2 Å². The van der Waals surface area contributed by atoms with Crippen molar-refractivity contribution in [3.8, 4) is 0 Å². The molecule has 126 valence electrons. The van der Waals surface area contributed by atoms with Gasteiger partial charge in [-0.05, 0) is 38.7 Å². The van der Waals surface area contributed by atoms with E-state index in [2.05, 4.69) is 4.98 Å². The number of likely N-dealkylation sites (tertiary alicyclic amines) is 1. The van der Waals surface area contributed by atoms with Gasteiger partial charge in [-0.2, -0.15) is 0 Å². The first-order chi connectivity index (χ1) is 10.9. The fourth-order valence-corrected chi connectivity index (χ4v) is 3.24. The number of esters is 1. The normalized spacial score (nSPS) is 17.9. The number of aromatic nitrogens is 1. The number of nitrogens with one attached hydrogen (secondary N) is 1. The number of nitrogens with zero attached hydrogens (tertiary/aromatic N) is 1. The van der Waals surface area contributed by atoms with Gasteiger partial charge in [0.2, 0.25) is 5.91 Å². The molecule has 1 aliphatic heterocycles. The standard InChI is InChI=1S/C17H24N2O4/c1-10-7-5-6-8-19(10)14(21)9-13-15(17(22)23-4)11(2)16(18-13)12(3)20/h10,18H,5-9H2,1-4H3/t10-/m0/s1. The smallest absolute Gasteiger partial charge is 0.339 e. The number of piperidine rings is 1. The van der Waals surface area contributed by atoms with E-state index in [-0.39, 0.29) is 24.2 Å². The molecule has 1 aromatic rings. The number of hydrogen-bond acceptors (Lipinski definition) is 4. The van der Waals surface area contributed by atoms with E-state index in [0.29, 0.717) is 22.5 Å². The molecule has 1 atom stereocenters. The van der Waals surface area contributed by atoms with Gasteiger partial charge in [0.05, 0.1) is 24.8 Å². The van der Waals surface area contributed by atoms with Crippen molar-refractivity contribution in [2.75, 3.05) is 13.7 Å². The highest BCUT2D eigenvalue weighted by Crippen LogP contribution is 2.23. The molecule has 0 aliphatic carbocycles. The van der Waals surface area contributed by atoms with Crippen LogP contribution < -0.4 is 0 Å². The lowest BCUT2D eigenvalue weighted by atomic mass is 10.0. The molecule has 1 aliphatic rings. The van der Waals surface area contributed by atoms with Crippen LogP contribution in [0.2, 0.25) is 0 Å². The number of ketones is 1. The fraction of sp³-hybridized carbons (Fsp3) is 0.588. The van der Waals surface area contributed by atoms with Crippen LogP contribution in [0.5, 0.6) is 0 Å². The van der Waals surface area contributed by atoms with Gasteiger partial charge in [-0.1, -0.05) is 0 Å². The number of hydrogen-bond donors (Lipinski definition) is 1. The molecular weight excluding hydrogens is 296 g/mol. The molecule has 0 aromatic carbocycles. The third kappa shape index (κ3) is 3.46. The summed E-state index contributed by atoms with van der Waals surface area (Å²) in [5.41, 5.74) is 1.66. The summed E-state index contributed by atoms with van der Waals surface area (Å²) in [6.07, 6.45) is 3.21. The largest absolute Gasteiger partial charge is 0.465 e. The lowest BCUT2D eigenvalue weighted by Gasteiger charge is -2.33. The summed E-state index contributed by atoms with van der Waals surface area (Å²) in [5.74, 6) is -0.725. The summed E-state index contributed by atoms with van der Waals surface area (Å²) < 4.78 is 4.80. The van der Waals surface area contributed by atoms with E-state index in [1.807, 2.05) is 11.8 Å². The predicted octanol–water partition coefficient (Wildman–Crippen LogP) is 2.26. The van der Waals surface area contributed by atoms with Crippen molar-refractivity contribution in [2.45, 2.75) is 52.5 Å². The van der Waals surface area contributed by atoms with Gasteiger partial charge in [0.15, 0.2) is 5.78 Å². The van der Waals surface area contributed by atoms with Gasteiger partial charge in [-0.3, -0.25) is 9.59 Å². The molecule has 2 rings (SSSR count). The molecular formula is C17H24N2O4. The lowest BCUT2D eigenvalue weighted by molar-refractivity contribution is -0.133. The summed E-state index contributed by atoms with van der Waals surface area (Å²) >= 11 is 0. The number of carbonyl (C=O) groups is 3. The third-order valence-corrected chi connectivity index (χ3v) is 4.52. The van der Waals surface area contributed by atoms with Crippen LogP contribution in [0.15, 0.2) is 0 Å². The number of H-pyrrole nitrogens is 1. The van der Waals surface area contributed by atoms with Crippen LogP contribution in [0, 0.1) is 6.92 Å². The zero-order chi connectivity index (χ0) is 17.1. The molecule has 1 amide bonds. The van der Waals surface area contributed by atoms with Crippen molar-refractivity contribution < 1.29 is 19.1 Å². The molecule has 0 radical (unpaired) electrons. The Morgan fingerprint density at radius 2 is 2.00 bits per heavy atom. The van der Waals surface area contributed by atoms with Crippen molar-refractivity contribution in [2.24, 2.45) is 0 Å². The molecule has 23 heavy (non-hydrogen) atoms. The molecule has 1 saturated heterocycles. The highest BCUT2D eigenvalue weighted by molar-refractivity contribution is 6.01. The first-order valence-electron chi connectivity index (χ1n) is 7.97. The predicted molar refractivity (Wildman–Crippen MR) is 85.6 cm³/mol. The van der Waals surface area contributed by atoms with E-state index in [1.54, 1.807) is 6.92 Å². The van der Waals surface area contributed by atoms with Crippen LogP contribution in [-0.2, 0) is 16.0 Å². The molecule has 6 heteroatoms. The van der Waals surface area contributed by atoms with Crippen LogP contribution in [0.4, 0.5) is 0 Å². The van der Waals surface area contributed by atoms with Crippen LogP contribution >= 0.6 is 0 Å². The minimum Gasteiger partial charge on any atom is -0.465 e. The van der Waals surface area contributed by atoms with Crippen molar-refractivity contribution in [1.29, 1.82) is 0 Å². The first-order valence-corrected chi connectivity index (χ1v) is 7.97. The van der Waals surface area contributed by atoms with Gasteiger partial charge in [0.1, 0.15) is 0 Å². The summed E-state index contributed by atoms with van der Waals surface area (Å²) in [6.45, 7) is 5.90. The Kier molecular flexibility index (Phi) is 5.23. The highest BCUT2D eigenvalue weighted by Gasteiger charge is 2.28. The fourth-order valence-electron chi connectivity index (χ4n) is 3.24. The van der Waals surface area contributed by atoms with Crippen molar-refractivity contribution in [3.63, 3.8) is 0 Å². The van der Waals surface area contributed by atoms with E-state index in [4.69, 9.17) is 4.74 Å². The van der Waals surface area contributed by atoms with Crippen molar-refractivity contribution >= 4 is 17.7 Å². The summed E-state index contributed by atoms with van der Waals surface area (Å²) in [7, 11) is 1.29. The van der Waals surface area contributed by atoms with E-state index in [0.717, 1.165) is 25.8 Å². The Balaban J connectivity index is 2.31. The maximum Gasteiger partial charge on any atom is 0.339 e. The molecule has 1 N–H and O–H groups in total. The average molecular weight is 320 g/mol. The number of methoxy groups -OCH3 is 1. The summed E-state index contributed by atoms with van der Waals surface area (Å²) in [5, 5.41) is 0. The van der Waals surface area contributed by atoms with E-state index in [9.17, 15) is 14.4 Å². The Labute approximate surface area is 136 Å². The Hall–Kier alpha value is -2.11. The van der Waals surface area contributed by atoms with E-state index in [1.165, 1.54) is 14.0 Å². The van der Waals surface area contributed by atoms with Crippen molar-refractivity contribution in [1.82, 2.24) is 9.88 Å². The van der Waals surface area contributed by atoms with Gasteiger partial charge < -0.3 is 14.6 Å². The molecule has 6 nitrogen and oxygen atoms in total. The molecule has 1 fully saturated rings. The second-order valence-corrected chi connectivity index (χ2v) is 6.14. The van der Waals surface area contributed by atoms with Gasteiger partial charge >= 0.3 is 5.97 Å². The Morgan fingerprint density at radius 3 is 2.57 bits per heavy atom. The number of amides is 1. The molecule has 1 aromatic heterocycles. The second-order valence-electron chi connectivity index (χ2n) is 6.14. The molecule has 0 spiro atoms. The lowest BCUT2D eigenvalue weighted by Crippen LogP contribution is -2.43. The summed E-state index contributed by atoms with van der Waals surface area (Å²) in [6, 6.07) is 0.209. The van der Waals surface area contributed by atoms with E-state index < -0.39 is 5.97 Å². The van der Waals surface area contributed by atoms with Crippen LogP contribution in [0.25, 0.3) is 0 Å². The second kappa shape index (κ2) is 6.98. The Bertz CT molecular complexity index is 633. The molecule has 0 saturated carbocycles. The minimum atomic E-state index is -0.527. The third-order valence-electron chi connectivity index (χ3n) is 4.52. The van der Waals surface area contributed by atoms with Crippen LogP contribution in [0.3, 0.4) is 0 Å². The van der Waals surface area contributed by atoms with E-state index >= 15 is 0 Å². The number of Topliss-reactive ketones (excluding diaryl/α,β-unsaturated/α-hetero) is 1. The maximum atomic E-state index is 12.6. The highest BCUT2D eigenvalue weighted by atomic mass is 16.5. The van der Waals surface area contributed by atoms with Gasteiger partial charge in [0.25, 0.3) is 0 Å². The zero-order valence-corrected chi connectivity index (χ0v) is 14.2.